The molecule has 0 atom stereocenters. The van der Waals surface area contributed by atoms with Gasteiger partial charge >= 0.3 is 0 Å². The predicted molar refractivity (Wildman–Crippen MR) is 180 cm³/mol. The van der Waals surface area contributed by atoms with Gasteiger partial charge in [0.2, 0.25) is 0 Å². The number of unbranched alkanes of at least 4 members (excludes halogenated alkanes) is 2. The lowest BCUT2D eigenvalue weighted by Gasteiger charge is -2.06. The molecule has 0 radical (unpaired) electrons. The van der Waals surface area contributed by atoms with E-state index in [9.17, 15) is 0 Å². The quantitative estimate of drug-likeness (QED) is 0.186. The van der Waals surface area contributed by atoms with E-state index in [2.05, 4.69) is 75.8 Å². The van der Waals surface area contributed by atoms with Crippen molar-refractivity contribution in [2.24, 2.45) is 11.5 Å². The van der Waals surface area contributed by atoms with Crippen LogP contribution in [0.3, 0.4) is 0 Å². The first-order valence-corrected chi connectivity index (χ1v) is 15.8. The lowest BCUT2D eigenvalue weighted by molar-refractivity contribution is 0.764. The monoisotopic (exact) mass is 564 g/mol. The summed E-state index contributed by atoms with van der Waals surface area (Å²) in [6, 6.07) is 9.02. The molecule has 0 fully saturated rings. The molecule has 0 aliphatic carbocycles. The van der Waals surface area contributed by atoms with Gasteiger partial charge < -0.3 is 21.4 Å². The highest BCUT2D eigenvalue weighted by atomic mass is 14.8. The third kappa shape index (κ3) is 5.62. The third-order valence-electron chi connectivity index (χ3n) is 9.27. The summed E-state index contributed by atoms with van der Waals surface area (Å²) in [5, 5.41) is 0. The van der Waals surface area contributed by atoms with Gasteiger partial charge in [-0.1, -0.05) is 13.8 Å². The third-order valence-corrected chi connectivity index (χ3v) is 9.27. The van der Waals surface area contributed by atoms with Gasteiger partial charge in [0.1, 0.15) is 0 Å². The Kier molecular flexibility index (Phi) is 9.14. The molecule has 0 aromatic carbocycles. The molecule has 2 aliphatic rings. The molecule has 0 saturated carbocycles. The van der Waals surface area contributed by atoms with Crippen LogP contribution >= 0.6 is 0 Å². The fraction of sp³-hybridized carbons (Fsp3) is 0.444. The Morgan fingerprint density at radius 3 is 1.43 bits per heavy atom. The van der Waals surface area contributed by atoms with Crippen molar-refractivity contribution in [2.75, 3.05) is 13.1 Å². The molecule has 0 saturated heterocycles. The predicted octanol–water partition coefficient (Wildman–Crippen LogP) is 8.18. The van der Waals surface area contributed by atoms with E-state index in [1.807, 2.05) is 0 Å². The Hall–Kier alpha value is -3.48. The van der Waals surface area contributed by atoms with E-state index in [1.165, 1.54) is 44.5 Å². The van der Waals surface area contributed by atoms with Gasteiger partial charge in [0.15, 0.2) is 0 Å². The van der Waals surface area contributed by atoms with Crippen molar-refractivity contribution in [3.8, 4) is 0 Å². The first kappa shape index (κ1) is 30.0. The van der Waals surface area contributed by atoms with Crippen LogP contribution in [0.2, 0.25) is 0 Å². The zero-order chi connectivity index (χ0) is 30.0. The highest BCUT2D eigenvalue weighted by Crippen LogP contribution is 2.38. The second-order valence-electron chi connectivity index (χ2n) is 11.9. The molecule has 222 valence electrons. The maximum atomic E-state index is 5.87. The molecular formula is C36H48N6. The summed E-state index contributed by atoms with van der Waals surface area (Å²) >= 11 is 0. The highest BCUT2D eigenvalue weighted by molar-refractivity contribution is 5.95. The molecule has 6 N–H and O–H groups in total. The van der Waals surface area contributed by atoms with Crippen molar-refractivity contribution in [2.45, 2.75) is 92.9 Å². The van der Waals surface area contributed by atoms with Gasteiger partial charge in [-0.15, -0.1) is 0 Å². The summed E-state index contributed by atoms with van der Waals surface area (Å²) in [6.45, 7) is 14.8. The molecular weight excluding hydrogens is 516 g/mol. The molecule has 5 heterocycles. The van der Waals surface area contributed by atoms with Crippen LogP contribution in [0.5, 0.6) is 0 Å². The topological polar surface area (TPSA) is 109 Å². The fourth-order valence-electron chi connectivity index (χ4n) is 6.65. The summed E-state index contributed by atoms with van der Waals surface area (Å²) in [5.41, 5.74) is 30.9. The average molecular weight is 565 g/mol. The van der Waals surface area contributed by atoms with Crippen molar-refractivity contribution in [1.29, 1.82) is 0 Å². The van der Waals surface area contributed by atoms with Crippen LogP contribution in [0.1, 0.15) is 111 Å². The molecule has 6 heteroatoms. The van der Waals surface area contributed by atoms with Crippen LogP contribution < -0.4 is 11.5 Å². The first-order valence-electron chi connectivity index (χ1n) is 15.8. The Labute approximate surface area is 250 Å². The summed E-state index contributed by atoms with van der Waals surface area (Å²) in [4.78, 5) is 18.0. The van der Waals surface area contributed by atoms with Crippen LogP contribution in [-0.2, 0) is 12.8 Å². The maximum absolute atomic E-state index is 5.87. The average Bonchev–Trinajstić information content (AvgIpc) is 3.63. The standard InChI is InChI=1S/C36H48N6/c1-7-25-21(3)29-17-30-23(5)27(13-9-11-15-37)35(41-30)20-36-28(14-10-12-16-38)24(6)32(42-36)19-34-26(8-2)22(4)31(40-34)18-33(25)39-29/h17-20,39-40H,7-16,37-38H2,1-6H3. The van der Waals surface area contributed by atoms with E-state index in [1.54, 1.807) is 0 Å². The molecule has 3 aromatic rings. The van der Waals surface area contributed by atoms with E-state index in [0.717, 1.165) is 96.2 Å². The van der Waals surface area contributed by atoms with E-state index in [0.29, 0.717) is 13.1 Å². The van der Waals surface area contributed by atoms with Crippen LogP contribution in [-0.4, -0.2) is 33.0 Å². The SMILES string of the molecule is CCc1c(C)c2cc3[nH]c(cc4nc(cc5nc(cc1[nH]2)C(C)=C5CCCCN)C(CCCCN)=C4C)c(C)c3CC. The van der Waals surface area contributed by atoms with E-state index < -0.39 is 0 Å². The second-order valence-corrected chi connectivity index (χ2v) is 11.9. The first-order chi connectivity index (χ1) is 20.3. The molecule has 3 aromatic heterocycles. The number of hydrogen-bond donors (Lipinski definition) is 4. The molecule has 6 nitrogen and oxygen atoms in total. The molecule has 0 unspecified atom stereocenters. The molecule has 5 rings (SSSR count). The number of hydrogen-bond acceptors (Lipinski definition) is 4. The van der Waals surface area contributed by atoms with Crippen LogP contribution in [0.15, 0.2) is 24.3 Å². The van der Waals surface area contributed by atoms with Gasteiger partial charge in [0.25, 0.3) is 0 Å². The highest BCUT2D eigenvalue weighted by Gasteiger charge is 2.21. The number of rotatable bonds is 10. The number of fused-ring (bicyclic) bond motifs is 8. The number of allylic oxidation sites excluding steroid dienone is 4. The maximum Gasteiger partial charge on any atom is 0.0694 e. The Morgan fingerprint density at radius 1 is 0.548 bits per heavy atom. The summed E-state index contributed by atoms with van der Waals surface area (Å²) in [7, 11) is 0. The van der Waals surface area contributed by atoms with Gasteiger partial charge in [-0.3, -0.25) is 0 Å². The molecule has 42 heavy (non-hydrogen) atoms. The number of aryl methyl sites for hydroxylation is 4. The van der Waals surface area contributed by atoms with Crippen molar-refractivity contribution in [1.82, 2.24) is 19.9 Å². The zero-order valence-electron chi connectivity index (χ0n) is 26.4. The number of nitrogens with zero attached hydrogens (tertiary/aromatic N) is 2. The number of nitrogens with one attached hydrogen (secondary N) is 2. The van der Waals surface area contributed by atoms with Gasteiger partial charge in [-0.05, 0) is 161 Å². The summed E-state index contributed by atoms with van der Waals surface area (Å²) in [6.07, 6.45) is 7.96. The summed E-state index contributed by atoms with van der Waals surface area (Å²) < 4.78 is 0. The van der Waals surface area contributed by atoms with Gasteiger partial charge in [-0.25, -0.2) is 9.97 Å². The van der Waals surface area contributed by atoms with E-state index in [4.69, 9.17) is 21.4 Å². The Bertz CT molecular complexity index is 1710. The van der Waals surface area contributed by atoms with Crippen molar-refractivity contribution < 1.29 is 0 Å². The molecule has 0 amide bonds. The molecule has 0 spiro atoms. The normalized spacial score (nSPS) is 13.5. The fourth-order valence-corrected chi connectivity index (χ4v) is 6.65. The molecule has 8 bridgehead atoms. The van der Waals surface area contributed by atoms with Gasteiger partial charge in [-0.2, -0.15) is 0 Å². The van der Waals surface area contributed by atoms with E-state index in [-0.39, 0.29) is 0 Å². The molecule has 2 aliphatic heterocycles. The minimum absolute atomic E-state index is 0.708. The second kappa shape index (κ2) is 12.8. The van der Waals surface area contributed by atoms with Crippen molar-refractivity contribution in [3.63, 3.8) is 0 Å². The zero-order valence-corrected chi connectivity index (χ0v) is 26.4. The Morgan fingerprint density at radius 2 is 0.976 bits per heavy atom. The Balaban J connectivity index is 1.88. The van der Waals surface area contributed by atoms with Crippen LogP contribution in [0.4, 0.5) is 0 Å². The lowest BCUT2D eigenvalue weighted by atomic mass is 9.97. The number of nitrogens with two attached hydrogens (primary N) is 2. The van der Waals surface area contributed by atoms with Crippen LogP contribution in [0.25, 0.3) is 44.4 Å². The minimum Gasteiger partial charge on any atom is -0.355 e. The van der Waals surface area contributed by atoms with E-state index >= 15 is 0 Å². The smallest absolute Gasteiger partial charge is 0.0694 e. The van der Waals surface area contributed by atoms with Crippen LogP contribution in [0, 0.1) is 13.8 Å². The largest absolute Gasteiger partial charge is 0.355 e. The van der Waals surface area contributed by atoms with Gasteiger partial charge in [0, 0.05) is 22.1 Å². The number of aromatic amines is 2. The van der Waals surface area contributed by atoms with Gasteiger partial charge in [0.05, 0.1) is 22.8 Å². The minimum atomic E-state index is 0.708. The summed E-state index contributed by atoms with van der Waals surface area (Å²) in [5.74, 6) is 0. The number of H-pyrrole nitrogens is 2. The lowest BCUT2D eigenvalue weighted by Crippen LogP contribution is -1.98. The van der Waals surface area contributed by atoms with Crippen molar-refractivity contribution >= 4 is 44.4 Å². The van der Waals surface area contributed by atoms with Crippen molar-refractivity contribution in [3.05, 3.63) is 69.3 Å². The number of aromatic nitrogens is 4.